The molecule has 0 spiro atoms. The molecule has 98 valence electrons. The van der Waals surface area contributed by atoms with Crippen molar-refractivity contribution in [3.63, 3.8) is 0 Å². The quantitative estimate of drug-likeness (QED) is 0.817. The largest absolute Gasteiger partial charge is 0.497 e. The molecule has 3 N–H and O–H groups in total. The molecule has 0 bridgehead atoms. The summed E-state index contributed by atoms with van der Waals surface area (Å²) in [6, 6.07) is 5.01. The third-order valence-corrected chi connectivity index (χ3v) is 3.11. The van der Waals surface area contributed by atoms with Crippen LogP contribution < -0.4 is 15.8 Å². The van der Waals surface area contributed by atoms with Gasteiger partial charge in [0.05, 0.1) is 28.7 Å². The van der Waals surface area contributed by atoms with Gasteiger partial charge in [0.25, 0.3) is 0 Å². The highest BCUT2D eigenvalue weighted by Gasteiger charge is 2.20. The maximum atomic E-state index is 12.0. The summed E-state index contributed by atoms with van der Waals surface area (Å²) in [6.45, 7) is 1.84. The van der Waals surface area contributed by atoms with Gasteiger partial charge in [0.2, 0.25) is 5.91 Å². The van der Waals surface area contributed by atoms with Crippen LogP contribution in [0.4, 0.5) is 5.69 Å². The number of benzene rings is 1. The van der Waals surface area contributed by atoms with Crippen LogP contribution >= 0.6 is 23.8 Å². The fourth-order valence-corrected chi connectivity index (χ4v) is 1.90. The number of carbonyl (C=O) groups is 1. The lowest BCUT2D eigenvalue weighted by Crippen LogP contribution is -2.32. The third kappa shape index (κ3) is 3.58. The van der Waals surface area contributed by atoms with E-state index in [2.05, 4.69) is 5.32 Å². The maximum Gasteiger partial charge on any atom is 0.234 e. The van der Waals surface area contributed by atoms with E-state index >= 15 is 0 Å². The molecule has 4 nitrogen and oxygen atoms in total. The monoisotopic (exact) mass is 286 g/mol. The summed E-state index contributed by atoms with van der Waals surface area (Å²) >= 11 is 10.8. The van der Waals surface area contributed by atoms with E-state index in [0.717, 1.165) is 0 Å². The zero-order valence-corrected chi connectivity index (χ0v) is 11.8. The van der Waals surface area contributed by atoms with Crippen molar-refractivity contribution in [2.45, 2.75) is 13.3 Å². The van der Waals surface area contributed by atoms with E-state index in [4.69, 9.17) is 34.3 Å². The van der Waals surface area contributed by atoms with Gasteiger partial charge in [-0.1, -0.05) is 30.7 Å². The topological polar surface area (TPSA) is 64.3 Å². The van der Waals surface area contributed by atoms with Crippen molar-refractivity contribution in [2.24, 2.45) is 11.7 Å². The van der Waals surface area contributed by atoms with Crippen LogP contribution in [0.3, 0.4) is 0 Å². The number of methoxy groups -OCH3 is 1. The van der Waals surface area contributed by atoms with Gasteiger partial charge < -0.3 is 15.8 Å². The molecule has 1 amide bonds. The zero-order valence-electron chi connectivity index (χ0n) is 10.2. The first-order valence-electron chi connectivity index (χ1n) is 5.43. The van der Waals surface area contributed by atoms with Crippen LogP contribution in [0.25, 0.3) is 0 Å². The SMILES string of the molecule is CCC(C(=O)Nc1cc(OC)ccc1Cl)C(N)=S. The number of ether oxygens (including phenoxy) is 1. The average molecular weight is 287 g/mol. The summed E-state index contributed by atoms with van der Waals surface area (Å²) in [5.74, 6) is -0.152. The van der Waals surface area contributed by atoms with E-state index in [0.29, 0.717) is 22.9 Å². The minimum atomic E-state index is -0.498. The first-order valence-corrected chi connectivity index (χ1v) is 6.22. The Bertz CT molecular complexity index is 465. The number of rotatable bonds is 5. The van der Waals surface area contributed by atoms with Crippen LogP contribution in [0.15, 0.2) is 18.2 Å². The van der Waals surface area contributed by atoms with Crippen molar-refractivity contribution in [3.8, 4) is 5.75 Å². The predicted octanol–water partition coefficient (Wildman–Crippen LogP) is 2.60. The number of halogens is 1. The van der Waals surface area contributed by atoms with Gasteiger partial charge >= 0.3 is 0 Å². The van der Waals surface area contributed by atoms with Crippen molar-refractivity contribution in [2.75, 3.05) is 12.4 Å². The second-order valence-corrected chi connectivity index (χ2v) is 4.58. The molecular weight excluding hydrogens is 272 g/mol. The predicted molar refractivity (Wildman–Crippen MR) is 77.2 cm³/mol. The molecule has 0 fully saturated rings. The summed E-state index contributed by atoms with van der Waals surface area (Å²) in [7, 11) is 1.54. The smallest absolute Gasteiger partial charge is 0.234 e. The van der Waals surface area contributed by atoms with Crippen LogP contribution in [0.1, 0.15) is 13.3 Å². The van der Waals surface area contributed by atoms with Gasteiger partial charge in [-0.15, -0.1) is 0 Å². The van der Waals surface area contributed by atoms with Gasteiger partial charge in [-0.2, -0.15) is 0 Å². The van der Waals surface area contributed by atoms with Crippen molar-refractivity contribution in [1.82, 2.24) is 0 Å². The Labute approximate surface area is 116 Å². The van der Waals surface area contributed by atoms with E-state index in [1.54, 1.807) is 25.3 Å². The molecule has 18 heavy (non-hydrogen) atoms. The molecule has 0 radical (unpaired) electrons. The van der Waals surface area contributed by atoms with Crippen molar-refractivity contribution < 1.29 is 9.53 Å². The lowest BCUT2D eigenvalue weighted by Gasteiger charge is -2.14. The Morgan fingerprint density at radius 2 is 2.28 bits per heavy atom. The Kier molecular flexibility index (Phi) is 5.37. The minimum absolute atomic E-state index is 0.175. The molecule has 1 aromatic rings. The highest BCUT2D eigenvalue weighted by molar-refractivity contribution is 7.80. The average Bonchev–Trinajstić information content (AvgIpc) is 2.32. The summed E-state index contributed by atoms with van der Waals surface area (Å²) in [6.07, 6.45) is 0.544. The van der Waals surface area contributed by atoms with Crippen LogP contribution in [-0.4, -0.2) is 18.0 Å². The van der Waals surface area contributed by atoms with Crippen LogP contribution in [0.5, 0.6) is 5.75 Å². The second kappa shape index (κ2) is 6.56. The van der Waals surface area contributed by atoms with E-state index in [1.165, 1.54) is 0 Å². The Morgan fingerprint density at radius 1 is 1.61 bits per heavy atom. The molecule has 0 aliphatic rings. The van der Waals surface area contributed by atoms with E-state index < -0.39 is 5.92 Å². The van der Waals surface area contributed by atoms with Crippen molar-refractivity contribution >= 4 is 40.4 Å². The highest BCUT2D eigenvalue weighted by atomic mass is 35.5. The molecule has 0 aliphatic heterocycles. The lowest BCUT2D eigenvalue weighted by molar-refractivity contribution is -0.118. The van der Waals surface area contributed by atoms with Gasteiger partial charge in [-0.3, -0.25) is 4.79 Å². The fraction of sp³-hybridized carbons (Fsp3) is 0.333. The van der Waals surface area contributed by atoms with Gasteiger partial charge in [-0.05, 0) is 18.6 Å². The number of hydrogen-bond donors (Lipinski definition) is 2. The molecule has 1 rings (SSSR count). The molecular formula is C12H15ClN2O2S. The zero-order chi connectivity index (χ0) is 13.7. The molecule has 0 aliphatic carbocycles. The molecule has 0 aromatic heterocycles. The van der Waals surface area contributed by atoms with Gasteiger partial charge in [-0.25, -0.2) is 0 Å². The second-order valence-electron chi connectivity index (χ2n) is 3.70. The van der Waals surface area contributed by atoms with Crippen molar-refractivity contribution in [1.29, 1.82) is 0 Å². The third-order valence-electron chi connectivity index (χ3n) is 2.50. The Balaban J connectivity index is 2.90. The molecule has 6 heteroatoms. The molecule has 0 saturated heterocycles. The number of nitrogens with two attached hydrogens (primary N) is 1. The normalized spacial score (nSPS) is 11.7. The van der Waals surface area contributed by atoms with Crippen molar-refractivity contribution in [3.05, 3.63) is 23.2 Å². The number of thiocarbonyl (C=S) groups is 1. The standard InChI is InChI=1S/C12H15ClN2O2S/c1-3-8(11(14)18)12(16)15-10-6-7(17-2)4-5-9(10)13/h4-6,8H,3H2,1-2H3,(H2,14,18)(H,15,16). The first-order chi connectivity index (χ1) is 8.49. The number of carbonyl (C=O) groups excluding carboxylic acids is 1. The maximum absolute atomic E-state index is 12.0. The summed E-state index contributed by atoms with van der Waals surface area (Å²) < 4.78 is 5.07. The van der Waals surface area contributed by atoms with E-state index in [1.807, 2.05) is 6.92 Å². The number of hydrogen-bond acceptors (Lipinski definition) is 3. The molecule has 0 heterocycles. The summed E-state index contributed by atoms with van der Waals surface area (Å²) in [5.41, 5.74) is 5.99. The lowest BCUT2D eigenvalue weighted by atomic mass is 10.1. The fourth-order valence-electron chi connectivity index (χ4n) is 1.46. The number of amides is 1. The van der Waals surface area contributed by atoms with E-state index in [-0.39, 0.29) is 10.9 Å². The molecule has 0 saturated carbocycles. The van der Waals surface area contributed by atoms with Crippen LogP contribution in [0, 0.1) is 5.92 Å². The summed E-state index contributed by atoms with van der Waals surface area (Å²) in [5, 5.41) is 3.13. The van der Waals surface area contributed by atoms with Gasteiger partial charge in [0.1, 0.15) is 5.75 Å². The molecule has 1 aromatic carbocycles. The van der Waals surface area contributed by atoms with Gasteiger partial charge in [0.15, 0.2) is 0 Å². The van der Waals surface area contributed by atoms with E-state index in [9.17, 15) is 4.79 Å². The number of anilines is 1. The number of nitrogens with one attached hydrogen (secondary N) is 1. The Hall–Kier alpha value is -1.33. The molecule has 1 unspecified atom stereocenters. The minimum Gasteiger partial charge on any atom is -0.497 e. The van der Waals surface area contributed by atoms with Crippen LogP contribution in [0.2, 0.25) is 5.02 Å². The summed E-state index contributed by atoms with van der Waals surface area (Å²) in [4.78, 5) is 12.1. The Morgan fingerprint density at radius 3 is 2.78 bits per heavy atom. The molecule has 1 atom stereocenters. The van der Waals surface area contributed by atoms with Crippen LogP contribution in [-0.2, 0) is 4.79 Å². The van der Waals surface area contributed by atoms with Gasteiger partial charge in [0, 0.05) is 6.07 Å². The first kappa shape index (κ1) is 14.7. The highest BCUT2D eigenvalue weighted by Crippen LogP contribution is 2.27.